The van der Waals surface area contributed by atoms with Gasteiger partial charge in [-0.25, -0.2) is 27.9 Å². The van der Waals surface area contributed by atoms with Crippen LogP contribution in [0.15, 0.2) is 72.6 Å². The number of nitriles is 1. The predicted octanol–water partition coefficient (Wildman–Crippen LogP) is 1.90. The van der Waals surface area contributed by atoms with E-state index in [-0.39, 0.29) is 47.4 Å². The van der Waals surface area contributed by atoms with Crippen molar-refractivity contribution < 1.29 is 67.4 Å². The molecule has 5 aromatic rings. The van der Waals surface area contributed by atoms with E-state index in [1.54, 1.807) is 60.2 Å². The Morgan fingerprint density at radius 3 is 2.36 bits per heavy atom. The Morgan fingerprint density at radius 1 is 1.07 bits per heavy atom. The highest BCUT2D eigenvalue weighted by molar-refractivity contribution is 7.10. The smallest absolute Gasteiger partial charge is 0.490 e. The lowest BCUT2D eigenvalue weighted by atomic mass is 9.81. The molecule has 0 aliphatic carbocycles. The van der Waals surface area contributed by atoms with Crippen LogP contribution >= 0.6 is 11.3 Å². The molecule has 2 unspecified atom stereocenters. The largest absolute Gasteiger partial charge is 1.00 e. The van der Waals surface area contributed by atoms with Crippen LogP contribution in [0.2, 0.25) is 0 Å². The Bertz CT molecular complexity index is 2250. The third-order valence-corrected chi connectivity index (χ3v) is 9.57. The number of halogens is 6. The second-order valence-corrected chi connectivity index (χ2v) is 13.4. The zero-order chi connectivity index (χ0) is 40.1. The van der Waals surface area contributed by atoms with Gasteiger partial charge in [-0.15, -0.1) is 16.0 Å². The van der Waals surface area contributed by atoms with Crippen molar-refractivity contribution >= 4 is 29.2 Å². The fourth-order valence-corrected chi connectivity index (χ4v) is 6.85. The number of rotatable bonds is 13. The summed E-state index contributed by atoms with van der Waals surface area (Å²) in [6.07, 6.45) is -2.73. The van der Waals surface area contributed by atoms with Crippen LogP contribution in [0.3, 0.4) is 0 Å². The van der Waals surface area contributed by atoms with Crippen LogP contribution in [0.4, 0.5) is 22.0 Å². The van der Waals surface area contributed by atoms with Crippen molar-refractivity contribution in [1.82, 2.24) is 20.1 Å². The first-order chi connectivity index (χ1) is 26.0. The molecule has 56 heavy (non-hydrogen) atoms. The second kappa shape index (κ2) is 17.9. The highest BCUT2D eigenvalue weighted by Crippen LogP contribution is 2.45. The van der Waals surface area contributed by atoms with Crippen molar-refractivity contribution in [3.05, 3.63) is 117 Å². The third kappa shape index (κ3) is 9.99. The highest BCUT2D eigenvalue weighted by atomic mass is 79.9. The summed E-state index contributed by atoms with van der Waals surface area (Å²) in [6.45, 7) is 3.66. The zero-order valence-electron chi connectivity index (χ0n) is 29.9. The van der Waals surface area contributed by atoms with Crippen molar-refractivity contribution in [3.8, 4) is 23.1 Å². The van der Waals surface area contributed by atoms with Crippen LogP contribution in [0.5, 0.6) is 5.75 Å². The predicted molar refractivity (Wildman–Crippen MR) is 186 cm³/mol. The molecular weight excluding hydrogens is 829 g/mol. The molecule has 3 N–H and O–H groups in total. The second-order valence-electron chi connectivity index (χ2n) is 12.5. The van der Waals surface area contributed by atoms with Gasteiger partial charge >= 0.3 is 18.1 Å². The number of aromatic nitrogens is 4. The topological polar surface area (TPSA) is 166 Å². The summed E-state index contributed by atoms with van der Waals surface area (Å²) in [5.74, 6) is -7.10. The van der Waals surface area contributed by atoms with E-state index in [4.69, 9.17) is 20.5 Å². The van der Waals surface area contributed by atoms with Gasteiger partial charge in [0.05, 0.1) is 36.3 Å². The van der Waals surface area contributed by atoms with Crippen molar-refractivity contribution in [1.29, 1.82) is 5.26 Å². The van der Waals surface area contributed by atoms with Crippen LogP contribution in [-0.2, 0) is 37.8 Å². The molecule has 0 saturated carbocycles. The molecule has 0 aliphatic heterocycles. The Kier molecular flexibility index (Phi) is 13.8. The Morgan fingerprint density at radius 2 is 1.75 bits per heavy atom. The molecule has 3 aromatic carbocycles. The van der Waals surface area contributed by atoms with Crippen LogP contribution in [0.25, 0.3) is 11.3 Å². The number of carbonyl (C=O) groups excluding carboxylic acids is 3. The van der Waals surface area contributed by atoms with E-state index in [0.717, 1.165) is 23.5 Å². The minimum absolute atomic E-state index is 0. The zero-order valence-corrected chi connectivity index (χ0v) is 32.3. The molecular formula is C37H33BrF5N7O5S. The molecule has 5 rings (SSSR count). The van der Waals surface area contributed by atoms with E-state index in [1.807, 2.05) is 6.07 Å². The summed E-state index contributed by atoms with van der Waals surface area (Å²) in [4.78, 5) is 40.9. The van der Waals surface area contributed by atoms with E-state index in [9.17, 15) is 31.9 Å². The molecule has 19 heteroatoms. The lowest BCUT2D eigenvalue weighted by molar-refractivity contribution is -0.689. The van der Waals surface area contributed by atoms with Gasteiger partial charge in [-0.1, -0.05) is 19.1 Å². The normalized spacial score (nSPS) is 12.8. The number of aryl methyl sites for hydroxylation is 2. The summed E-state index contributed by atoms with van der Waals surface area (Å²) in [6, 6.07) is 14.1. The molecule has 294 valence electrons. The van der Waals surface area contributed by atoms with Crippen molar-refractivity contribution in [2.45, 2.75) is 51.6 Å². The minimum atomic E-state index is -5.49. The minimum Gasteiger partial charge on any atom is -1.00 e. The summed E-state index contributed by atoms with van der Waals surface area (Å²) in [5, 5.41) is 17.5. The summed E-state index contributed by atoms with van der Waals surface area (Å²) in [5.41, 5.74) is 5.47. The van der Waals surface area contributed by atoms with E-state index in [2.05, 4.69) is 15.4 Å². The first-order valence-electron chi connectivity index (χ1n) is 16.4. The van der Waals surface area contributed by atoms with Crippen molar-refractivity contribution in [2.24, 2.45) is 5.73 Å². The third-order valence-electron chi connectivity index (χ3n) is 8.54. The van der Waals surface area contributed by atoms with Gasteiger partial charge in [0.15, 0.2) is 5.60 Å². The summed E-state index contributed by atoms with van der Waals surface area (Å²) < 4.78 is 85.1. The van der Waals surface area contributed by atoms with Gasteiger partial charge < -0.3 is 37.5 Å². The molecule has 12 nitrogen and oxygen atoms in total. The van der Waals surface area contributed by atoms with Crippen molar-refractivity contribution in [2.75, 3.05) is 13.1 Å². The first-order valence-corrected chi connectivity index (χ1v) is 17.3. The molecule has 0 fully saturated rings. The number of benzene rings is 3. The van der Waals surface area contributed by atoms with Crippen LogP contribution < -0.4 is 37.3 Å². The number of esters is 2. The number of ether oxygens (including phenoxy) is 2. The standard InChI is InChI=1S/C37H32F5N7O5S.BrH/c1-21-10-25(11-22(2)33(21)53-32(51)15-45-31(50)14-44)16-48-19-46-49(20-48)18-36(54-35(52)37(40,41)42,28-9-8-27(38)12-29(28)39)23(3)34-47-30(17-55-34)26-6-4-24(13-43)5-7-26;/h4-12,17,19-20,23H,14-16,18,44H2,1-3H3;1H. The van der Waals surface area contributed by atoms with E-state index in [0.29, 0.717) is 39.6 Å². The SMILES string of the molecule is Cc1cc(C[n+]2cnn(CC(OC(=O)C(F)(F)F)(c3ccc(F)cc3F)C(C)c3nc(-c4ccc(C#N)cc4)cs3)c2)cc(C)c1OC(=O)CNC(=O)CN.[Br-]. The maximum Gasteiger partial charge on any atom is 0.490 e. The molecule has 1 amide bonds. The monoisotopic (exact) mass is 861 g/mol. The average molecular weight is 863 g/mol. The molecule has 2 heterocycles. The van der Waals surface area contributed by atoms with Gasteiger partial charge in [0, 0.05) is 27.7 Å². The summed E-state index contributed by atoms with van der Waals surface area (Å²) in [7, 11) is 0. The molecule has 0 spiro atoms. The van der Waals surface area contributed by atoms with Gasteiger partial charge in [-0.2, -0.15) is 18.4 Å². The maximum absolute atomic E-state index is 15.7. The number of nitrogens with one attached hydrogen (secondary N) is 1. The molecule has 0 radical (unpaired) electrons. The van der Waals surface area contributed by atoms with Crippen LogP contribution in [0, 0.1) is 36.8 Å². The quantitative estimate of drug-likeness (QED) is 0.0779. The highest BCUT2D eigenvalue weighted by Gasteiger charge is 2.53. The summed E-state index contributed by atoms with van der Waals surface area (Å²) >= 11 is 1.02. The van der Waals surface area contributed by atoms with Crippen LogP contribution in [-0.4, -0.2) is 51.9 Å². The number of alkyl halides is 3. The van der Waals surface area contributed by atoms with Gasteiger partial charge in [0.25, 0.3) is 6.33 Å². The Hall–Kier alpha value is -5.58. The van der Waals surface area contributed by atoms with Gasteiger partial charge in [-0.3, -0.25) is 4.79 Å². The van der Waals surface area contributed by atoms with Gasteiger partial charge in [-0.05, 0) is 66.9 Å². The number of carbonyl (C=O) groups is 3. The number of amides is 1. The van der Waals surface area contributed by atoms with E-state index >= 15 is 4.39 Å². The Labute approximate surface area is 331 Å². The first kappa shape index (κ1) is 43.2. The molecule has 0 saturated heterocycles. The molecule has 0 aliphatic rings. The lowest BCUT2D eigenvalue weighted by Gasteiger charge is -2.36. The number of thiazole rings is 1. The van der Waals surface area contributed by atoms with Crippen molar-refractivity contribution in [3.63, 3.8) is 0 Å². The molecule has 0 bridgehead atoms. The number of hydrogen-bond donors (Lipinski definition) is 2. The Balaban J connectivity index is 0.00000696. The number of hydrogen-bond acceptors (Lipinski definition) is 10. The molecule has 2 aromatic heterocycles. The lowest BCUT2D eigenvalue weighted by Crippen LogP contribution is -3.00. The fourth-order valence-electron chi connectivity index (χ4n) is 5.88. The average Bonchev–Trinajstić information content (AvgIpc) is 3.81. The van der Waals surface area contributed by atoms with E-state index < -0.39 is 59.3 Å². The van der Waals surface area contributed by atoms with Gasteiger partial charge in [0.2, 0.25) is 12.2 Å². The number of nitrogens with zero attached hydrogens (tertiary/aromatic N) is 5. The fraction of sp³-hybridized carbons (Fsp3) is 0.270. The number of nitrogens with two attached hydrogens (primary N) is 1. The van der Waals surface area contributed by atoms with E-state index in [1.165, 1.54) is 24.3 Å². The molecule has 2 atom stereocenters. The van der Waals surface area contributed by atoms with Crippen LogP contribution in [0.1, 0.15) is 45.7 Å². The maximum atomic E-state index is 15.7. The van der Waals surface area contributed by atoms with Gasteiger partial charge in [0.1, 0.15) is 35.5 Å².